The van der Waals surface area contributed by atoms with Gasteiger partial charge in [0.05, 0.1) is 11.6 Å². The molecule has 0 aliphatic heterocycles. The summed E-state index contributed by atoms with van der Waals surface area (Å²) in [5.74, 6) is 1.73. The maximum absolute atomic E-state index is 5.55. The van der Waals surface area contributed by atoms with Gasteiger partial charge in [0.1, 0.15) is 18.1 Å². The summed E-state index contributed by atoms with van der Waals surface area (Å²) in [6.07, 6.45) is 2.73. The Morgan fingerprint density at radius 2 is 1.87 bits per heavy atom. The summed E-state index contributed by atoms with van der Waals surface area (Å²) in [6, 6.07) is 14.3. The van der Waals surface area contributed by atoms with E-state index in [1.54, 1.807) is 13.2 Å². The van der Waals surface area contributed by atoms with Gasteiger partial charge in [-0.3, -0.25) is 0 Å². The summed E-state index contributed by atoms with van der Waals surface area (Å²) in [5.41, 5.74) is 2.52. The highest BCUT2D eigenvalue weighted by atomic mass is 79.9. The third kappa shape index (κ3) is 5.73. The van der Waals surface area contributed by atoms with Gasteiger partial charge in [0.2, 0.25) is 0 Å². The lowest BCUT2D eigenvalue weighted by Gasteiger charge is -2.09. The normalized spacial score (nSPS) is 10.3. The van der Waals surface area contributed by atoms with Crippen molar-refractivity contribution in [1.82, 2.24) is 5.32 Å². The molecule has 0 saturated heterocycles. The zero-order chi connectivity index (χ0) is 16.5. The van der Waals surface area contributed by atoms with E-state index in [0.717, 1.165) is 35.5 Å². The predicted octanol–water partition coefficient (Wildman–Crippen LogP) is 4.35. The number of methoxy groups -OCH3 is 1. The first-order chi connectivity index (χ1) is 11.2. The Morgan fingerprint density at radius 3 is 2.52 bits per heavy atom. The molecule has 0 radical (unpaired) electrons. The number of ether oxygens (including phenoxy) is 2. The smallest absolute Gasteiger partial charge is 0.133 e. The molecule has 2 aromatic carbocycles. The first-order valence-corrected chi connectivity index (χ1v) is 8.38. The highest BCUT2D eigenvalue weighted by molar-refractivity contribution is 9.10. The van der Waals surface area contributed by atoms with E-state index in [4.69, 9.17) is 9.47 Å². The van der Waals surface area contributed by atoms with E-state index < -0.39 is 0 Å². The Bertz CT molecular complexity index is 626. The molecule has 0 amide bonds. The fourth-order valence-corrected chi connectivity index (χ4v) is 2.72. The zero-order valence-electron chi connectivity index (χ0n) is 13.3. The van der Waals surface area contributed by atoms with Gasteiger partial charge in [-0.1, -0.05) is 30.9 Å². The van der Waals surface area contributed by atoms with Crippen LogP contribution in [0.5, 0.6) is 11.5 Å². The van der Waals surface area contributed by atoms with Gasteiger partial charge >= 0.3 is 0 Å². The van der Waals surface area contributed by atoms with Crippen LogP contribution in [-0.4, -0.2) is 20.3 Å². The van der Waals surface area contributed by atoms with E-state index >= 15 is 0 Å². The number of benzene rings is 2. The second-order valence-corrected chi connectivity index (χ2v) is 5.99. The molecular weight excluding hydrogens is 354 g/mol. The van der Waals surface area contributed by atoms with Crippen LogP contribution in [0.4, 0.5) is 0 Å². The number of halogens is 1. The molecule has 0 fully saturated rings. The second kappa shape index (κ2) is 9.38. The van der Waals surface area contributed by atoms with E-state index in [1.807, 2.05) is 18.2 Å². The maximum atomic E-state index is 5.55. The van der Waals surface area contributed by atoms with Gasteiger partial charge in [-0.15, -0.1) is 0 Å². The fraction of sp³-hybridized carbons (Fsp3) is 0.263. The van der Waals surface area contributed by atoms with Crippen molar-refractivity contribution < 1.29 is 9.47 Å². The lowest BCUT2D eigenvalue weighted by molar-refractivity contribution is 0.361. The van der Waals surface area contributed by atoms with Crippen molar-refractivity contribution in [1.29, 1.82) is 0 Å². The fourth-order valence-electron chi connectivity index (χ4n) is 2.18. The van der Waals surface area contributed by atoms with Gasteiger partial charge in [-0.25, -0.2) is 0 Å². The topological polar surface area (TPSA) is 30.5 Å². The van der Waals surface area contributed by atoms with Crippen molar-refractivity contribution in [2.75, 3.05) is 20.3 Å². The Labute approximate surface area is 146 Å². The van der Waals surface area contributed by atoms with Crippen molar-refractivity contribution in [2.24, 2.45) is 0 Å². The molecule has 4 heteroatoms. The number of hydrogen-bond donors (Lipinski definition) is 1. The largest absolute Gasteiger partial charge is 0.497 e. The van der Waals surface area contributed by atoms with Crippen molar-refractivity contribution in [3.63, 3.8) is 0 Å². The summed E-state index contributed by atoms with van der Waals surface area (Å²) < 4.78 is 11.7. The second-order valence-electron chi connectivity index (χ2n) is 5.14. The molecule has 0 aliphatic carbocycles. The summed E-state index contributed by atoms with van der Waals surface area (Å²) in [7, 11) is 1.68. The molecule has 0 unspecified atom stereocenters. The first kappa shape index (κ1) is 17.6. The molecular formula is C19H22BrNO2. The first-order valence-electron chi connectivity index (χ1n) is 7.58. The molecule has 23 heavy (non-hydrogen) atoms. The van der Waals surface area contributed by atoms with Crippen molar-refractivity contribution in [3.8, 4) is 11.5 Å². The van der Waals surface area contributed by atoms with Crippen LogP contribution in [0.1, 0.15) is 11.1 Å². The molecule has 0 heterocycles. The third-order valence-electron chi connectivity index (χ3n) is 3.43. The summed E-state index contributed by atoms with van der Waals surface area (Å²) in [4.78, 5) is 0. The van der Waals surface area contributed by atoms with E-state index in [1.165, 1.54) is 11.1 Å². The summed E-state index contributed by atoms with van der Waals surface area (Å²) >= 11 is 3.54. The Morgan fingerprint density at radius 1 is 1.13 bits per heavy atom. The van der Waals surface area contributed by atoms with Crippen LogP contribution in [0.15, 0.2) is 59.6 Å². The van der Waals surface area contributed by atoms with E-state index in [-0.39, 0.29) is 0 Å². The molecule has 0 aliphatic rings. The number of hydrogen-bond acceptors (Lipinski definition) is 3. The van der Waals surface area contributed by atoms with Crippen LogP contribution in [0.3, 0.4) is 0 Å². The van der Waals surface area contributed by atoms with Crippen LogP contribution < -0.4 is 14.8 Å². The number of rotatable bonds is 9. The van der Waals surface area contributed by atoms with Gasteiger partial charge < -0.3 is 14.8 Å². The Kier molecular flexibility index (Phi) is 7.17. The quantitative estimate of drug-likeness (QED) is 0.521. The molecule has 2 aromatic rings. The van der Waals surface area contributed by atoms with Crippen LogP contribution in [0.25, 0.3) is 0 Å². The molecule has 1 N–H and O–H groups in total. The summed E-state index contributed by atoms with van der Waals surface area (Å²) in [6.45, 7) is 5.92. The Hall–Kier alpha value is -1.78. The number of nitrogens with one attached hydrogen (secondary N) is 1. The lowest BCUT2D eigenvalue weighted by Crippen LogP contribution is -2.16. The lowest BCUT2D eigenvalue weighted by atomic mass is 10.1. The zero-order valence-corrected chi connectivity index (χ0v) is 14.9. The van der Waals surface area contributed by atoms with Gasteiger partial charge in [0.15, 0.2) is 0 Å². The minimum absolute atomic E-state index is 0.512. The SMILES string of the molecule is C=CCOc1ccc(CNCCc2ccc(OC)cc2)cc1Br. The molecule has 0 atom stereocenters. The molecule has 3 nitrogen and oxygen atoms in total. The molecule has 0 saturated carbocycles. The van der Waals surface area contributed by atoms with Crippen LogP contribution in [0.2, 0.25) is 0 Å². The van der Waals surface area contributed by atoms with Gasteiger partial charge in [0, 0.05) is 6.54 Å². The van der Waals surface area contributed by atoms with E-state index in [2.05, 4.69) is 52.1 Å². The predicted molar refractivity (Wildman–Crippen MR) is 98.2 cm³/mol. The maximum Gasteiger partial charge on any atom is 0.133 e. The van der Waals surface area contributed by atoms with Gasteiger partial charge in [-0.2, -0.15) is 0 Å². The van der Waals surface area contributed by atoms with Crippen LogP contribution in [-0.2, 0) is 13.0 Å². The average molecular weight is 376 g/mol. The third-order valence-corrected chi connectivity index (χ3v) is 4.05. The molecule has 0 aromatic heterocycles. The monoisotopic (exact) mass is 375 g/mol. The Balaban J connectivity index is 1.77. The molecule has 2 rings (SSSR count). The standard InChI is InChI=1S/C19H22BrNO2/c1-3-12-23-19-9-6-16(13-18(19)20)14-21-11-10-15-4-7-17(22-2)8-5-15/h3-9,13,21H,1,10-12,14H2,2H3. The molecule has 0 spiro atoms. The summed E-state index contributed by atoms with van der Waals surface area (Å²) in [5, 5.41) is 3.46. The average Bonchev–Trinajstić information content (AvgIpc) is 2.58. The minimum atomic E-state index is 0.512. The molecule has 0 bridgehead atoms. The van der Waals surface area contributed by atoms with Crippen molar-refractivity contribution in [3.05, 3.63) is 70.7 Å². The van der Waals surface area contributed by atoms with Crippen LogP contribution in [0, 0.1) is 0 Å². The van der Waals surface area contributed by atoms with E-state index in [0.29, 0.717) is 6.61 Å². The van der Waals surface area contributed by atoms with Crippen LogP contribution >= 0.6 is 15.9 Å². The highest BCUT2D eigenvalue weighted by Crippen LogP contribution is 2.26. The minimum Gasteiger partial charge on any atom is -0.497 e. The van der Waals surface area contributed by atoms with E-state index in [9.17, 15) is 0 Å². The highest BCUT2D eigenvalue weighted by Gasteiger charge is 2.02. The van der Waals surface area contributed by atoms with Crippen molar-refractivity contribution >= 4 is 15.9 Å². The van der Waals surface area contributed by atoms with Gasteiger partial charge in [0.25, 0.3) is 0 Å². The molecule has 122 valence electrons. The van der Waals surface area contributed by atoms with Crippen molar-refractivity contribution in [2.45, 2.75) is 13.0 Å². The van der Waals surface area contributed by atoms with Gasteiger partial charge in [-0.05, 0) is 64.3 Å².